The van der Waals surface area contributed by atoms with Gasteiger partial charge in [-0.1, -0.05) is 212 Å². The number of nitrogens with zero attached hydrogens (tertiary/aromatic N) is 5. The number of hydrogen-bond donors (Lipinski definition) is 0. The third-order valence-electron chi connectivity index (χ3n) is 18.3. The lowest BCUT2D eigenvalue weighted by molar-refractivity contribution is 0.673. The molecule has 0 aliphatic rings. The number of fused-ring (bicyclic) bond motifs is 19. The lowest BCUT2D eigenvalue weighted by atomic mass is 9.94. The van der Waals surface area contributed by atoms with Crippen molar-refractivity contribution >= 4 is 131 Å². The van der Waals surface area contributed by atoms with Gasteiger partial charge in [-0.25, -0.2) is 0 Å². The molecule has 0 saturated carbocycles. The summed E-state index contributed by atoms with van der Waals surface area (Å²) in [7, 11) is 0. The Morgan fingerprint density at radius 1 is 0.235 bits per heavy atom. The fourth-order valence-electron chi connectivity index (χ4n) is 15.0. The van der Waals surface area contributed by atoms with Crippen molar-refractivity contribution in [2.75, 3.05) is 0 Å². The zero-order chi connectivity index (χ0) is 55.6. The first-order chi connectivity index (χ1) is 42.2. The summed E-state index contributed by atoms with van der Waals surface area (Å²) in [6.45, 7) is 2.23. The van der Waals surface area contributed by atoms with Gasteiger partial charge in [0.1, 0.15) is 11.2 Å². The van der Waals surface area contributed by atoms with Crippen molar-refractivity contribution in [1.82, 2.24) is 22.8 Å². The molecule has 85 heavy (non-hydrogen) atoms. The summed E-state index contributed by atoms with van der Waals surface area (Å²) in [4.78, 5) is 0. The fraction of sp³-hybridized carbons (Fsp3) is 0.0127. The Labute approximate surface area is 486 Å². The van der Waals surface area contributed by atoms with Crippen LogP contribution in [0.15, 0.2) is 283 Å². The SMILES string of the molecule is Cc1cccc(-c2c(-n3c4ccccc4c4ccccc43)c(-n3c4ccccc4c4ccccc43)c(-n3c4ccccc4c4c5oc6ccccc6c5ccc43)c(-n3c4ccccc4c4ccccc43)c2-n2c3ccccc3c3ccccc32)c1. The molecule has 0 N–H and O–H groups in total. The van der Waals surface area contributed by atoms with Crippen LogP contribution in [0.2, 0.25) is 0 Å². The summed E-state index contributed by atoms with van der Waals surface area (Å²) < 4.78 is 20.2. The predicted octanol–water partition coefficient (Wildman–Crippen LogP) is 21.0. The van der Waals surface area contributed by atoms with Crippen molar-refractivity contribution < 1.29 is 4.42 Å². The summed E-state index contributed by atoms with van der Waals surface area (Å²) >= 11 is 0. The maximum atomic E-state index is 7.17. The van der Waals surface area contributed by atoms with E-state index in [1.54, 1.807) is 0 Å². The molecular weight excluding hydrogens is 1030 g/mol. The van der Waals surface area contributed by atoms with Crippen LogP contribution in [0.3, 0.4) is 0 Å². The molecule has 0 amide bonds. The topological polar surface area (TPSA) is 37.8 Å². The van der Waals surface area contributed by atoms with Crippen molar-refractivity contribution in [3.63, 3.8) is 0 Å². The molecule has 0 radical (unpaired) electrons. The lowest BCUT2D eigenvalue weighted by Crippen LogP contribution is -2.18. The highest BCUT2D eigenvalue weighted by molar-refractivity contribution is 6.25. The normalized spacial score (nSPS) is 12.3. The highest BCUT2D eigenvalue weighted by atomic mass is 16.3. The molecule has 0 spiro atoms. The lowest BCUT2D eigenvalue weighted by Gasteiger charge is -2.32. The Morgan fingerprint density at radius 2 is 0.541 bits per heavy atom. The molecule has 0 saturated heterocycles. The van der Waals surface area contributed by atoms with Crippen LogP contribution in [0.1, 0.15) is 5.56 Å². The van der Waals surface area contributed by atoms with Gasteiger partial charge in [0.25, 0.3) is 0 Å². The van der Waals surface area contributed by atoms with Crippen LogP contribution in [0.25, 0.3) is 171 Å². The molecule has 0 bridgehead atoms. The molecule has 396 valence electrons. The zero-order valence-electron chi connectivity index (χ0n) is 46.2. The molecule has 0 atom stereocenters. The average Bonchev–Trinajstić information content (AvgIpc) is 1.74. The highest BCUT2D eigenvalue weighted by Crippen LogP contribution is 2.55. The van der Waals surface area contributed by atoms with Crippen LogP contribution in [-0.2, 0) is 0 Å². The molecular formula is C79H49N5O. The standard InChI is InChI=1S/C79H49N5O/c1-48-23-22-24-49(47-48)72-74(80-61-35-12-2-25-50(61)51-26-3-13-36-62(51)80)76(82-65-39-16-6-29-54(65)55-30-7-17-40-66(55)82)78(84-69-43-20-10-34-60(69)73-70(84)46-45-59-58-33-11-21-44-71(58)85-79(59)73)77(83-67-41-18-8-31-56(67)57-32-9-19-42-68(57)83)75(72)81-63-37-14-4-27-52(63)53-28-5-15-38-64(53)81/h2-47H,1H3. The molecule has 19 aromatic rings. The maximum Gasteiger partial charge on any atom is 0.145 e. The van der Waals surface area contributed by atoms with Gasteiger partial charge in [-0.15, -0.1) is 0 Å². The highest BCUT2D eigenvalue weighted by Gasteiger charge is 2.37. The van der Waals surface area contributed by atoms with Gasteiger partial charge < -0.3 is 27.3 Å². The van der Waals surface area contributed by atoms with Crippen LogP contribution in [0.4, 0.5) is 0 Å². The second kappa shape index (κ2) is 17.3. The monoisotopic (exact) mass is 1080 g/mol. The Morgan fingerprint density at radius 3 is 0.929 bits per heavy atom. The molecule has 0 fully saturated rings. The minimum absolute atomic E-state index is 0.864. The van der Waals surface area contributed by atoms with E-state index < -0.39 is 0 Å². The van der Waals surface area contributed by atoms with E-state index in [2.05, 4.69) is 309 Å². The maximum absolute atomic E-state index is 7.17. The molecule has 0 unspecified atom stereocenters. The van der Waals surface area contributed by atoms with Crippen LogP contribution in [0.5, 0.6) is 0 Å². The number of aryl methyl sites for hydroxylation is 1. The van der Waals surface area contributed by atoms with Crippen LogP contribution in [0, 0.1) is 6.92 Å². The van der Waals surface area contributed by atoms with Crippen LogP contribution in [-0.4, -0.2) is 22.8 Å². The third-order valence-corrected chi connectivity index (χ3v) is 18.3. The smallest absolute Gasteiger partial charge is 0.145 e. The first-order valence-corrected chi connectivity index (χ1v) is 29.3. The Hall–Kier alpha value is -11.3. The number of furan rings is 1. The molecule has 0 aliphatic carbocycles. The zero-order valence-corrected chi connectivity index (χ0v) is 46.2. The van der Waals surface area contributed by atoms with Crippen molar-refractivity contribution in [3.05, 3.63) is 285 Å². The van der Waals surface area contributed by atoms with Gasteiger partial charge in [0.2, 0.25) is 0 Å². The molecule has 6 heterocycles. The predicted molar refractivity (Wildman–Crippen MR) is 356 cm³/mol. The first kappa shape index (κ1) is 46.3. The van der Waals surface area contributed by atoms with Gasteiger partial charge in [0.15, 0.2) is 0 Å². The van der Waals surface area contributed by atoms with Crippen molar-refractivity contribution in [2.24, 2.45) is 0 Å². The van der Waals surface area contributed by atoms with E-state index in [-0.39, 0.29) is 0 Å². The molecule has 0 aliphatic heterocycles. The molecule has 19 rings (SSSR count). The van der Waals surface area contributed by atoms with Crippen molar-refractivity contribution in [2.45, 2.75) is 6.92 Å². The van der Waals surface area contributed by atoms with Crippen LogP contribution < -0.4 is 0 Å². The first-order valence-electron chi connectivity index (χ1n) is 29.3. The fourth-order valence-corrected chi connectivity index (χ4v) is 15.0. The number of benzene rings is 13. The summed E-state index contributed by atoms with van der Waals surface area (Å²) in [5.74, 6) is 0. The second-order valence-corrected chi connectivity index (χ2v) is 22.8. The van der Waals surface area contributed by atoms with E-state index in [1.165, 1.54) is 43.1 Å². The van der Waals surface area contributed by atoms with Crippen molar-refractivity contribution in [3.8, 4) is 39.6 Å². The minimum Gasteiger partial charge on any atom is -0.455 e. The van der Waals surface area contributed by atoms with Gasteiger partial charge in [-0.05, 0) is 85.3 Å². The summed E-state index contributed by atoms with van der Waals surface area (Å²) in [5, 5.41) is 13.7. The van der Waals surface area contributed by atoms with Gasteiger partial charge in [0.05, 0.1) is 89.0 Å². The average molecular weight is 1080 g/mol. The van der Waals surface area contributed by atoms with Gasteiger partial charge in [-0.3, -0.25) is 0 Å². The minimum atomic E-state index is 0.864. The molecule has 6 aromatic heterocycles. The van der Waals surface area contributed by atoms with Gasteiger partial charge in [-0.2, -0.15) is 0 Å². The molecule has 6 nitrogen and oxygen atoms in total. The van der Waals surface area contributed by atoms with E-state index in [9.17, 15) is 0 Å². The summed E-state index contributed by atoms with van der Waals surface area (Å²) in [5.41, 5.74) is 21.1. The second-order valence-electron chi connectivity index (χ2n) is 22.8. The van der Waals surface area contributed by atoms with Gasteiger partial charge in [0, 0.05) is 64.8 Å². The Balaban J connectivity index is 1.22. The van der Waals surface area contributed by atoms with E-state index in [4.69, 9.17) is 4.42 Å². The number of aromatic nitrogens is 5. The van der Waals surface area contributed by atoms with Gasteiger partial charge >= 0.3 is 0 Å². The number of hydrogen-bond acceptors (Lipinski definition) is 1. The largest absolute Gasteiger partial charge is 0.455 e. The Kier molecular flexibility index (Phi) is 9.45. The van der Waals surface area contributed by atoms with E-state index in [0.29, 0.717) is 0 Å². The quantitative estimate of drug-likeness (QED) is 0.163. The molecule has 6 heteroatoms. The summed E-state index contributed by atoms with van der Waals surface area (Å²) in [6, 6.07) is 104. The Bertz CT molecular complexity index is 5600. The molecule has 13 aromatic carbocycles. The third kappa shape index (κ3) is 6.21. The van der Waals surface area contributed by atoms with E-state index >= 15 is 0 Å². The van der Waals surface area contributed by atoms with Crippen LogP contribution >= 0.6 is 0 Å². The number of para-hydroxylation sites is 10. The number of rotatable bonds is 6. The van der Waals surface area contributed by atoms with Crippen molar-refractivity contribution in [1.29, 1.82) is 0 Å². The summed E-state index contributed by atoms with van der Waals surface area (Å²) in [6.07, 6.45) is 0. The van der Waals surface area contributed by atoms with E-state index in [0.717, 1.165) is 133 Å². The van der Waals surface area contributed by atoms with E-state index in [1.807, 2.05) is 0 Å².